The molecule has 0 fully saturated rings. The Labute approximate surface area is 168 Å². The molecule has 0 spiro atoms. The van der Waals surface area contributed by atoms with Crippen molar-refractivity contribution < 1.29 is 23.0 Å². The fourth-order valence-corrected chi connectivity index (χ4v) is 2.84. The maximum absolute atomic E-state index is 12.9. The molecule has 0 aliphatic rings. The highest BCUT2D eigenvalue weighted by atomic mass is 19.4. The number of nitrogens with zero attached hydrogens (tertiary/aromatic N) is 6. The van der Waals surface area contributed by atoms with Gasteiger partial charge < -0.3 is 9.84 Å². The van der Waals surface area contributed by atoms with Crippen molar-refractivity contribution in [1.29, 1.82) is 0 Å². The molecule has 1 N–H and O–H groups in total. The number of fused-ring (bicyclic) bond motifs is 1. The Bertz CT molecular complexity index is 1180. The largest absolute Gasteiger partial charge is 0.457 e. The highest BCUT2D eigenvalue weighted by molar-refractivity contribution is 5.76. The number of aromatic nitrogens is 6. The van der Waals surface area contributed by atoms with E-state index >= 15 is 0 Å². The van der Waals surface area contributed by atoms with Crippen molar-refractivity contribution in [1.82, 2.24) is 29.4 Å². The second-order valence-electron chi connectivity index (χ2n) is 6.73. The van der Waals surface area contributed by atoms with Crippen LogP contribution in [0.5, 0.6) is 6.01 Å². The van der Waals surface area contributed by atoms with E-state index in [9.17, 15) is 18.3 Å². The van der Waals surface area contributed by atoms with Crippen molar-refractivity contribution in [3.63, 3.8) is 0 Å². The zero-order chi connectivity index (χ0) is 21.5. The van der Waals surface area contributed by atoms with Crippen molar-refractivity contribution in [3.8, 4) is 28.5 Å². The molecule has 3 aromatic heterocycles. The Morgan fingerprint density at radius 2 is 1.83 bits per heavy atom. The maximum Gasteiger partial charge on any atom is 0.416 e. The van der Waals surface area contributed by atoms with Gasteiger partial charge in [0.2, 0.25) is 0 Å². The fraction of sp³-hybridized carbons (Fsp3) is 0.263. The van der Waals surface area contributed by atoms with Crippen LogP contribution in [-0.2, 0) is 13.2 Å². The van der Waals surface area contributed by atoms with Gasteiger partial charge in [-0.2, -0.15) is 23.3 Å². The molecule has 8 nitrogen and oxygen atoms in total. The topological polar surface area (TPSA) is 90.4 Å². The summed E-state index contributed by atoms with van der Waals surface area (Å²) in [6.07, 6.45) is -0.0272. The summed E-state index contributed by atoms with van der Waals surface area (Å²) in [5.74, 6) is 0. The Morgan fingerprint density at radius 3 is 2.43 bits per heavy atom. The summed E-state index contributed by atoms with van der Waals surface area (Å²) in [5.41, 5.74) is 1.64. The summed E-state index contributed by atoms with van der Waals surface area (Å²) in [4.78, 5) is 8.93. The number of aryl methyl sites for hydroxylation is 1. The van der Waals surface area contributed by atoms with Crippen LogP contribution in [0.3, 0.4) is 0 Å². The summed E-state index contributed by atoms with van der Waals surface area (Å²) in [6.45, 7) is 1.46. The molecule has 0 amide bonds. The molecular weight excluding hydrogens is 401 g/mol. The van der Waals surface area contributed by atoms with Gasteiger partial charge in [0.25, 0.3) is 0 Å². The van der Waals surface area contributed by atoms with Gasteiger partial charge in [0.05, 0.1) is 30.3 Å². The predicted octanol–water partition coefficient (Wildman–Crippen LogP) is 2.97. The first-order chi connectivity index (χ1) is 14.2. The third-order valence-corrected chi connectivity index (χ3v) is 4.35. The van der Waals surface area contributed by atoms with Crippen molar-refractivity contribution >= 4 is 5.65 Å². The van der Waals surface area contributed by atoms with Gasteiger partial charge in [-0.3, -0.25) is 4.68 Å². The first-order valence-corrected chi connectivity index (χ1v) is 8.96. The van der Waals surface area contributed by atoms with Gasteiger partial charge in [-0.15, -0.1) is 5.10 Å². The fourth-order valence-electron chi connectivity index (χ4n) is 2.84. The lowest BCUT2D eigenvalue weighted by Gasteiger charge is -2.08. The van der Waals surface area contributed by atoms with Crippen molar-refractivity contribution in [3.05, 3.63) is 48.4 Å². The Hall–Kier alpha value is -3.47. The van der Waals surface area contributed by atoms with Crippen LogP contribution in [-0.4, -0.2) is 47.2 Å². The number of hydrogen-bond acceptors (Lipinski definition) is 6. The smallest absolute Gasteiger partial charge is 0.416 e. The molecule has 3 heterocycles. The number of halogens is 3. The molecule has 0 radical (unpaired) electrons. The van der Waals surface area contributed by atoms with Crippen LogP contribution >= 0.6 is 0 Å². The first kappa shape index (κ1) is 19.8. The van der Waals surface area contributed by atoms with E-state index < -0.39 is 17.8 Å². The second kappa shape index (κ2) is 7.41. The Balaban J connectivity index is 1.84. The number of alkyl halides is 3. The van der Waals surface area contributed by atoms with Gasteiger partial charge in [-0.05, 0) is 19.1 Å². The monoisotopic (exact) mass is 418 g/mol. The first-order valence-electron chi connectivity index (χ1n) is 8.96. The normalized spacial score (nSPS) is 13.0. The summed E-state index contributed by atoms with van der Waals surface area (Å²) < 4.78 is 47.1. The van der Waals surface area contributed by atoms with Gasteiger partial charge >= 0.3 is 12.2 Å². The molecule has 1 atom stereocenters. The number of ether oxygens (including phenoxy) is 1. The van der Waals surface area contributed by atoms with E-state index in [1.54, 1.807) is 37.2 Å². The lowest BCUT2D eigenvalue weighted by Crippen LogP contribution is -2.16. The van der Waals surface area contributed by atoms with Gasteiger partial charge in [0.1, 0.15) is 11.8 Å². The molecule has 1 aromatic carbocycles. The van der Waals surface area contributed by atoms with Crippen molar-refractivity contribution in [2.24, 2.45) is 7.05 Å². The predicted molar refractivity (Wildman–Crippen MR) is 101 cm³/mol. The molecule has 0 aliphatic heterocycles. The molecule has 0 saturated heterocycles. The minimum atomic E-state index is -4.42. The molecule has 4 rings (SSSR count). The molecule has 0 bridgehead atoms. The molecule has 30 heavy (non-hydrogen) atoms. The highest BCUT2D eigenvalue weighted by Gasteiger charge is 2.30. The van der Waals surface area contributed by atoms with Gasteiger partial charge in [0.15, 0.2) is 5.65 Å². The van der Waals surface area contributed by atoms with Crippen LogP contribution in [0.15, 0.2) is 42.9 Å². The minimum Gasteiger partial charge on any atom is -0.457 e. The van der Waals surface area contributed by atoms with Crippen LogP contribution in [0.25, 0.3) is 28.2 Å². The van der Waals surface area contributed by atoms with Gasteiger partial charge in [-0.25, -0.2) is 9.50 Å². The number of aliphatic hydroxyl groups excluding tert-OH is 1. The van der Waals surface area contributed by atoms with Gasteiger partial charge in [0, 0.05) is 24.4 Å². The van der Waals surface area contributed by atoms with Crippen LogP contribution in [0, 0.1) is 0 Å². The van der Waals surface area contributed by atoms with E-state index in [0.29, 0.717) is 28.2 Å². The maximum atomic E-state index is 12.9. The second-order valence-corrected chi connectivity index (χ2v) is 6.73. The Kier molecular flexibility index (Phi) is 4.90. The molecule has 0 aliphatic carbocycles. The van der Waals surface area contributed by atoms with E-state index in [1.807, 2.05) is 0 Å². The zero-order valence-electron chi connectivity index (χ0n) is 16.0. The average molecular weight is 418 g/mol. The van der Waals surface area contributed by atoms with E-state index in [4.69, 9.17) is 4.74 Å². The van der Waals surface area contributed by atoms with E-state index in [1.165, 1.54) is 16.6 Å². The minimum absolute atomic E-state index is 0.0491. The molecule has 0 unspecified atom stereocenters. The third kappa shape index (κ3) is 3.83. The van der Waals surface area contributed by atoms with E-state index in [-0.39, 0.29) is 12.6 Å². The van der Waals surface area contributed by atoms with Crippen LogP contribution in [0.2, 0.25) is 0 Å². The highest BCUT2D eigenvalue weighted by Crippen LogP contribution is 2.32. The zero-order valence-corrected chi connectivity index (χ0v) is 16.0. The lowest BCUT2D eigenvalue weighted by molar-refractivity contribution is -0.137. The van der Waals surface area contributed by atoms with E-state index in [2.05, 4.69) is 20.2 Å². The summed E-state index contributed by atoms with van der Waals surface area (Å²) in [6, 6.07) is 4.76. The number of benzene rings is 1. The number of aliphatic hydroxyl groups is 1. The molecule has 4 aromatic rings. The molecule has 11 heteroatoms. The summed E-state index contributed by atoms with van der Waals surface area (Å²) in [7, 11) is 1.75. The van der Waals surface area contributed by atoms with Crippen LogP contribution in [0.4, 0.5) is 13.2 Å². The molecular formula is C19H17F3N6O2. The van der Waals surface area contributed by atoms with Gasteiger partial charge in [-0.1, -0.05) is 12.1 Å². The van der Waals surface area contributed by atoms with Crippen molar-refractivity contribution in [2.45, 2.75) is 19.2 Å². The standard InChI is InChI=1S/C19H17F3N6O2/c1-11(10-29)30-18-25-17-16(13-7-23-27(2)8-13)24-15(9-28(17)26-18)12-3-5-14(6-4-12)19(20,21)22/h3-9,11,29H,10H2,1-2H3/t11-/m1/s1. The lowest BCUT2D eigenvalue weighted by atomic mass is 10.1. The number of hydrogen-bond donors (Lipinski definition) is 1. The van der Waals surface area contributed by atoms with Crippen LogP contribution in [0.1, 0.15) is 12.5 Å². The quantitative estimate of drug-likeness (QED) is 0.536. The Morgan fingerprint density at radius 1 is 1.10 bits per heavy atom. The SMILES string of the molecule is C[C@H](CO)Oc1nc2c(-c3cnn(C)c3)nc(-c3ccc(C(F)(F)F)cc3)cn2n1. The summed E-state index contributed by atoms with van der Waals surface area (Å²) >= 11 is 0. The average Bonchev–Trinajstić information content (AvgIpc) is 3.32. The van der Waals surface area contributed by atoms with Crippen molar-refractivity contribution in [2.75, 3.05) is 6.61 Å². The van der Waals surface area contributed by atoms with Crippen LogP contribution < -0.4 is 4.74 Å². The number of rotatable bonds is 5. The summed E-state index contributed by atoms with van der Waals surface area (Å²) in [5, 5.41) is 17.6. The third-order valence-electron chi connectivity index (χ3n) is 4.35. The molecule has 156 valence electrons. The molecule has 0 saturated carbocycles. The van der Waals surface area contributed by atoms with E-state index in [0.717, 1.165) is 12.1 Å².